The molecule has 0 aliphatic heterocycles. The monoisotopic (exact) mass is 186 g/mol. The van der Waals surface area contributed by atoms with E-state index in [2.05, 4.69) is 0 Å². The predicted molar refractivity (Wildman–Crippen MR) is 43.4 cm³/mol. The van der Waals surface area contributed by atoms with Crippen molar-refractivity contribution in [2.75, 3.05) is 5.78 Å². The van der Waals surface area contributed by atoms with Gasteiger partial charge in [0.2, 0.25) is 0 Å². The summed E-state index contributed by atoms with van der Waals surface area (Å²) in [7, 11) is 0.742. The highest BCUT2D eigenvalue weighted by Crippen LogP contribution is 2.14. The quantitative estimate of drug-likeness (QED) is 0.361. The molecule has 0 aliphatic rings. The second-order valence-electron chi connectivity index (χ2n) is 1.47. The van der Waals surface area contributed by atoms with Crippen molar-refractivity contribution in [1.82, 2.24) is 0 Å². The van der Waals surface area contributed by atoms with Gasteiger partial charge in [0.25, 0.3) is 7.42 Å². The Balaban J connectivity index is 3.17. The Morgan fingerprint density at radius 3 is 2.25 bits per heavy atom. The van der Waals surface area contributed by atoms with E-state index in [0.29, 0.717) is 11.2 Å². The first-order valence-electron chi connectivity index (χ1n) is 2.25. The third kappa shape index (κ3) is 4.07. The molecule has 0 aliphatic carbocycles. The second kappa shape index (κ2) is 4.98. The minimum Gasteiger partial charge on any atom is -0.147 e. The average molecular weight is 187 g/mol. The molecule has 1 unspecified atom stereocenters. The number of hydrogen-bond acceptors (Lipinski definition) is 0. The molecule has 0 rings (SSSR count). The van der Waals surface area contributed by atoms with Crippen LogP contribution < -0.4 is 0 Å². The maximum absolute atomic E-state index is 5.58. The lowest BCUT2D eigenvalue weighted by atomic mass is 9.78. The molecule has 0 aromatic carbocycles. The summed E-state index contributed by atoms with van der Waals surface area (Å²) in [6.45, 7) is 1.97. The summed E-state index contributed by atoms with van der Waals surface area (Å²) < 4.78 is 0. The van der Waals surface area contributed by atoms with E-state index in [1.165, 1.54) is 0 Å². The number of halogens is 3. The fourth-order valence-electron chi connectivity index (χ4n) is 0.223. The standard InChI is InChI=1S/C3H6BCl3Si/c1-3(4-2-5)8(6)7/h3H,2H2,1H3. The Hall–Kier alpha value is 1.15. The van der Waals surface area contributed by atoms with Crippen molar-refractivity contribution in [3.8, 4) is 0 Å². The molecule has 5 heteroatoms. The summed E-state index contributed by atoms with van der Waals surface area (Å²) in [5, 5.41) is 0. The van der Waals surface area contributed by atoms with Crippen molar-refractivity contribution >= 4 is 48.5 Å². The molecule has 8 heavy (non-hydrogen) atoms. The van der Waals surface area contributed by atoms with Crippen molar-refractivity contribution in [2.24, 2.45) is 0 Å². The minimum absolute atomic E-state index is 0.292. The van der Waals surface area contributed by atoms with E-state index < -0.39 is 7.42 Å². The van der Waals surface area contributed by atoms with Crippen LogP contribution in [0.4, 0.5) is 0 Å². The summed E-state index contributed by atoms with van der Waals surface area (Å²) >= 11 is 16.6. The van der Waals surface area contributed by atoms with Gasteiger partial charge in [-0.2, -0.15) is 0 Å². The van der Waals surface area contributed by atoms with Gasteiger partial charge < -0.3 is 0 Å². The molecule has 0 aromatic rings. The maximum Gasteiger partial charge on any atom is 0.268 e. The van der Waals surface area contributed by atoms with Gasteiger partial charge >= 0.3 is 0 Å². The normalized spacial score (nSPS) is 14.1. The van der Waals surface area contributed by atoms with Gasteiger partial charge in [0.05, 0.1) is 0 Å². The first-order valence-corrected chi connectivity index (χ1v) is 6.39. The molecule has 0 bridgehead atoms. The number of alkyl halides is 1. The van der Waals surface area contributed by atoms with Crippen LogP contribution in [0.15, 0.2) is 0 Å². The molecular weight excluding hydrogens is 181 g/mol. The van der Waals surface area contributed by atoms with Gasteiger partial charge in [-0.3, -0.25) is 0 Å². The fraction of sp³-hybridized carbons (Fsp3) is 1.00. The Morgan fingerprint density at radius 1 is 1.62 bits per heavy atom. The SMILES string of the molecule is CC([B]CCl)[Si](Cl)Cl. The third-order valence-electron chi connectivity index (χ3n) is 0.787. The Bertz CT molecular complexity index is 60.5. The molecule has 2 radical (unpaired) electrons. The summed E-state index contributed by atoms with van der Waals surface area (Å²) in [5.74, 6) is 0.536. The van der Waals surface area contributed by atoms with Crippen LogP contribution in [-0.4, -0.2) is 20.5 Å². The highest BCUT2D eigenvalue weighted by molar-refractivity contribution is 7.36. The molecule has 0 nitrogen and oxygen atoms in total. The second-order valence-corrected chi connectivity index (χ2v) is 6.29. The van der Waals surface area contributed by atoms with Crippen LogP contribution in [0.1, 0.15) is 6.92 Å². The average Bonchev–Trinajstić information content (AvgIpc) is 1.67. The van der Waals surface area contributed by atoms with Crippen LogP contribution >= 0.6 is 33.8 Å². The van der Waals surface area contributed by atoms with Crippen LogP contribution in [0.3, 0.4) is 0 Å². The molecule has 0 aromatic heterocycles. The van der Waals surface area contributed by atoms with Gasteiger partial charge in [0, 0.05) is 0 Å². The van der Waals surface area contributed by atoms with Gasteiger partial charge in [-0.1, -0.05) is 6.92 Å². The summed E-state index contributed by atoms with van der Waals surface area (Å²) in [6.07, 6.45) is 0. The molecule has 0 saturated carbocycles. The molecule has 46 valence electrons. The fourth-order valence-corrected chi connectivity index (χ4v) is 1.47. The summed E-state index contributed by atoms with van der Waals surface area (Å²) in [6, 6.07) is 0. The Kier molecular flexibility index (Phi) is 5.69. The lowest BCUT2D eigenvalue weighted by molar-refractivity contribution is 1.32. The molecule has 0 saturated heterocycles. The van der Waals surface area contributed by atoms with Gasteiger partial charge in [0.1, 0.15) is 7.28 Å². The number of rotatable bonds is 3. The van der Waals surface area contributed by atoms with Crippen LogP contribution in [0.25, 0.3) is 0 Å². The van der Waals surface area contributed by atoms with Crippen LogP contribution in [0.2, 0.25) is 5.44 Å². The van der Waals surface area contributed by atoms with Crippen LogP contribution in [-0.2, 0) is 0 Å². The molecule has 0 spiro atoms. The van der Waals surface area contributed by atoms with Crippen LogP contribution in [0.5, 0.6) is 0 Å². The van der Waals surface area contributed by atoms with E-state index in [4.69, 9.17) is 33.8 Å². The van der Waals surface area contributed by atoms with Crippen molar-refractivity contribution in [2.45, 2.75) is 12.4 Å². The predicted octanol–water partition coefficient (Wildman–Crippen LogP) is 2.20. The Morgan fingerprint density at radius 2 is 2.12 bits per heavy atom. The van der Waals surface area contributed by atoms with Gasteiger partial charge in [-0.25, -0.2) is 0 Å². The summed E-state index contributed by atoms with van der Waals surface area (Å²) in [5.41, 5.74) is 0.292. The zero-order valence-corrected chi connectivity index (χ0v) is 7.76. The topological polar surface area (TPSA) is 0 Å². The highest BCUT2D eigenvalue weighted by atomic mass is 35.7. The highest BCUT2D eigenvalue weighted by Gasteiger charge is 2.13. The molecule has 0 N–H and O–H groups in total. The van der Waals surface area contributed by atoms with E-state index in [-0.39, 0.29) is 0 Å². The van der Waals surface area contributed by atoms with Crippen molar-refractivity contribution in [1.29, 1.82) is 0 Å². The van der Waals surface area contributed by atoms with Crippen molar-refractivity contribution < 1.29 is 0 Å². The zero-order valence-electron chi connectivity index (χ0n) is 4.50. The molecule has 0 heterocycles. The van der Waals surface area contributed by atoms with E-state index in [0.717, 1.165) is 0 Å². The largest absolute Gasteiger partial charge is 0.268 e. The van der Waals surface area contributed by atoms with Gasteiger partial charge in [-0.05, 0) is 11.2 Å². The van der Waals surface area contributed by atoms with Crippen molar-refractivity contribution in [3.05, 3.63) is 0 Å². The van der Waals surface area contributed by atoms with Crippen molar-refractivity contribution in [3.63, 3.8) is 0 Å². The smallest absolute Gasteiger partial charge is 0.147 e. The lowest BCUT2D eigenvalue weighted by Crippen LogP contribution is -2.12. The number of hydrogen-bond donors (Lipinski definition) is 0. The lowest BCUT2D eigenvalue weighted by Gasteiger charge is -2.03. The molecular formula is C3H6BCl3Si. The molecule has 1 atom stereocenters. The Labute approximate surface area is 66.8 Å². The third-order valence-corrected chi connectivity index (χ3v) is 3.95. The zero-order chi connectivity index (χ0) is 6.57. The van der Waals surface area contributed by atoms with Crippen LogP contribution in [0, 0.1) is 0 Å². The van der Waals surface area contributed by atoms with E-state index >= 15 is 0 Å². The first-order chi connectivity index (χ1) is 3.68. The minimum atomic E-state index is -1.17. The van der Waals surface area contributed by atoms with Gasteiger partial charge in [-0.15, -0.1) is 33.8 Å². The van der Waals surface area contributed by atoms with E-state index in [1.807, 2.05) is 14.2 Å². The molecule has 0 amide bonds. The first kappa shape index (κ1) is 9.15. The van der Waals surface area contributed by atoms with E-state index in [9.17, 15) is 0 Å². The molecule has 0 fully saturated rings. The van der Waals surface area contributed by atoms with E-state index in [1.54, 1.807) is 0 Å². The maximum atomic E-state index is 5.58. The van der Waals surface area contributed by atoms with Gasteiger partial charge in [0.15, 0.2) is 0 Å². The summed E-state index contributed by atoms with van der Waals surface area (Å²) in [4.78, 5) is 0.